The highest BCUT2D eigenvalue weighted by Gasteiger charge is 2.33. The van der Waals surface area contributed by atoms with Crippen LogP contribution in [0.1, 0.15) is 17.6 Å². The molecule has 0 radical (unpaired) electrons. The highest BCUT2D eigenvalue weighted by Crippen LogP contribution is 2.33. The van der Waals surface area contributed by atoms with E-state index in [0.29, 0.717) is 18.0 Å². The van der Waals surface area contributed by atoms with E-state index in [1.165, 1.54) is 11.3 Å². The minimum atomic E-state index is -0.652. The van der Waals surface area contributed by atoms with Gasteiger partial charge in [-0.2, -0.15) is 0 Å². The second kappa shape index (κ2) is 5.73. The third-order valence-corrected chi connectivity index (χ3v) is 4.15. The molecular formula is C15H16N2O3S. The van der Waals surface area contributed by atoms with Crippen molar-refractivity contribution in [2.45, 2.75) is 32.6 Å². The fourth-order valence-corrected chi connectivity index (χ4v) is 2.86. The molecule has 0 unspecified atom stereocenters. The number of aryl methyl sites for hydroxylation is 1. The van der Waals surface area contributed by atoms with Crippen LogP contribution in [0.4, 0.5) is 0 Å². The number of carbonyl (C=O) groups excluding carboxylic acids is 1. The Morgan fingerprint density at radius 3 is 2.71 bits per heavy atom. The molecule has 0 bridgehead atoms. The second-order valence-electron chi connectivity index (χ2n) is 4.91. The Bertz CT molecular complexity index is 656. The summed E-state index contributed by atoms with van der Waals surface area (Å²) in [6.07, 6.45) is -0.987. The van der Waals surface area contributed by atoms with Gasteiger partial charge in [0, 0.05) is 11.1 Å². The number of nitrogens with one attached hydrogen (secondary N) is 1. The molecule has 2 heterocycles. The van der Waals surface area contributed by atoms with Crippen LogP contribution in [0.5, 0.6) is 11.5 Å². The van der Waals surface area contributed by atoms with Gasteiger partial charge in [-0.25, -0.2) is 4.98 Å². The lowest BCUT2D eigenvalue weighted by Crippen LogP contribution is -2.48. The SMILES string of the molecule is Cc1csc(CNC(=O)[C@@H]2Oc3ccccc3O[C@H]2C)n1. The number of nitrogens with zero attached hydrogens (tertiary/aromatic N) is 1. The molecule has 0 saturated heterocycles. The van der Waals surface area contributed by atoms with E-state index in [4.69, 9.17) is 9.47 Å². The number of hydrogen-bond acceptors (Lipinski definition) is 5. The third kappa shape index (κ3) is 3.00. The topological polar surface area (TPSA) is 60.5 Å². The van der Waals surface area contributed by atoms with Gasteiger partial charge >= 0.3 is 0 Å². The average Bonchev–Trinajstić information content (AvgIpc) is 2.89. The van der Waals surface area contributed by atoms with E-state index in [0.717, 1.165) is 10.7 Å². The summed E-state index contributed by atoms with van der Waals surface area (Å²) in [6, 6.07) is 7.36. The Morgan fingerprint density at radius 2 is 2.05 bits per heavy atom. The van der Waals surface area contributed by atoms with Crippen molar-refractivity contribution in [2.75, 3.05) is 0 Å². The first-order chi connectivity index (χ1) is 10.1. The van der Waals surface area contributed by atoms with Gasteiger partial charge in [0.25, 0.3) is 5.91 Å². The number of thiazole rings is 1. The van der Waals surface area contributed by atoms with Gasteiger partial charge in [-0.3, -0.25) is 4.79 Å². The zero-order valence-corrected chi connectivity index (χ0v) is 12.6. The molecule has 21 heavy (non-hydrogen) atoms. The Balaban J connectivity index is 1.65. The fourth-order valence-electron chi connectivity index (χ4n) is 2.15. The predicted molar refractivity (Wildman–Crippen MR) is 79.6 cm³/mol. The van der Waals surface area contributed by atoms with Crippen LogP contribution in [0.2, 0.25) is 0 Å². The molecule has 2 atom stereocenters. The molecule has 1 aromatic heterocycles. The molecule has 1 aliphatic heterocycles. The molecule has 1 N–H and O–H groups in total. The molecular weight excluding hydrogens is 288 g/mol. The molecule has 110 valence electrons. The molecule has 1 amide bonds. The van der Waals surface area contributed by atoms with E-state index in [9.17, 15) is 4.79 Å². The van der Waals surface area contributed by atoms with Crippen LogP contribution in [0, 0.1) is 6.92 Å². The smallest absolute Gasteiger partial charge is 0.265 e. The van der Waals surface area contributed by atoms with E-state index < -0.39 is 6.10 Å². The molecule has 1 aliphatic rings. The molecule has 2 aromatic rings. The van der Waals surface area contributed by atoms with Crippen molar-refractivity contribution in [1.29, 1.82) is 0 Å². The van der Waals surface area contributed by atoms with Gasteiger partial charge < -0.3 is 14.8 Å². The number of amides is 1. The standard InChI is InChI=1S/C15H16N2O3S/c1-9-8-21-13(17-9)7-16-15(18)14-10(2)19-11-5-3-4-6-12(11)20-14/h3-6,8,10,14H,7H2,1-2H3,(H,16,18)/t10-,14+/m0/s1. The van der Waals surface area contributed by atoms with Crippen molar-refractivity contribution in [3.63, 3.8) is 0 Å². The zero-order chi connectivity index (χ0) is 14.8. The first kappa shape index (κ1) is 13.9. The molecule has 3 rings (SSSR count). The van der Waals surface area contributed by atoms with E-state index in [1.54, 1.807) is 6.07 Å². The number of para-hydroxylation sites is 2. The van der Waals surface area contributed by atoms with Crippen LogP contribution in [-0.4, -0.2) is 23.1 Å². The van der Waals surface area contributed by atoms with Gasteiger partial charge in [0.1, 0.15) is 11.1 Å². The van der Waals surface area contributed by atoms with Crippen molar-refractivity contribution >= 4 is 17.2 Å². The highest BCUT2D eigenvalue weighted by molar-refractivity contribution is 7.09. The largest absolute Gasteiger partial charge is 0.482 e. The van der Waals surface area contributed by atoms with Gasteiger partial charge in [0.05, 0.1) is 6.54 Å². The minimum Gasteiger partial charge on any atom is -0.482 e. The molecule has 6 heteroatoms. The summed E-state index contributed by atoms with van der Waals surface area (Å²) in [5.41, 5.74) is 0.962. The molecule has 5 nitrogen and oxygen atoms in total. The Kier molecular flexibility index (Phi) is 3.79. The normalized spacial score (nSPS) is 20.1. The van der Waals surface area contributed by atoms with E-state index >= 15 is 0 Å². The maximum Gasteiger partial charge on any atom is 0.265 e. The van der Waals surface area contributed by atoms with E-state index in [1.807, 2.05) is 37.4 Å². The van der Waals surface area contributed by atoms with Gasteiger partial charge in [-0.05, 0) is 26.0 Å². The summed E-state index contributed by atoms with van der Waals surface area (Å²) in [5, 5.41) is 5.69. The first-order valence-corrected chi connectivity index (χ1v) is 7.62. The van der Waals surface area contributed by atoms with Crippen LogP contribution in [0.15, 0.2) is 29.6 Å². The molecule has 0 fully saturated rings. The second-order valence-corrected chi connectivity index (χ2v) is 5.85. The summed E-state index contributed by atoms with van der Waals surface area (Å²) in [7, 11) is 0. The maximum absolute atomic E-state index is 12.3. The molecule has 0 saturated carbocycles. The van der Waals surface area contributed by atoms with Crippen LogP contribution in [0.25, 0.3) is 0 Å². The van der Waals surface area contributed by atoms with Crippen molar-refractivity contribution in [1.82, 2.24) is 10.3 Å². The Hall–Kier alpha value is -2.08. The number of rotatable bonds is 3. The number of benzene rings is 1. The van der Waals surface area contributed by atoms with Gasteiger partial charge in [-0.15, -0.1) is 11.3 Å². The highest BCUT2D eigenvalue weighted by atomic mass is 32.1. The number of fused-ring (bicyclic) bond motifs is 1. The summed E-state index contributed by atoms with van der Waals surface area (Å²) in [6.45, 7) is 4.16. The fraction of sp³-hybridized carbons (Fsp3) is 0.333. The number of ether oxygens (including phenoxy) is 2. The molecule has 0 spiro atoms. The lowest BCUT2D eigenvalue weighted by molar-refractivity contribution is -0.133. The van der Waals surface area contributed by atoms with Gasteiger partial charge in [0.2, 0.25) is 6.10 Å². The zero-order valence-electron chi connectivity index (χ0n) is 11.8. The van der Waals surface area contributed by atoms with Crippen molar-refractivity contribution < 1.29 is 14.3 Å². The lowest BCUT2D eigenvalue weighted by Gasteiger charge is -2.30. The van der Waals surface area contributed by atoms with Crippen LogP contribution in [0.3, 0.4) is 0 Å². The van der Waals surface area contributed by atoms with E-state index in [2.05, 4.69) is 10.3 Å². The summed E-state index contributed by atoms with van der Waals surface area (Å²) >= 11 is 1.53. The quantitative estimate of drug-likeness (QED) is 0.945. The molecule has 1 aromatic carbocycles. The molecule has 0 aliphatic carbocycles. The van der Waals surface area contributed by atoms with Crippen molar-refractivity contribution in [3.8, 4) is 11.5 Å². The maximum atomic E-state index is 12.3. The van der Waals surface area contributed by atoms with Crippen LogP contribution < -0.4 is 14.8 Å². The monoisotopic (exact) mass is 304 g/mol. The van der Waals surface area contributed by atoms with E-state index in [-0.39, 0.29) is 12.0 Å². The summed E-state index contributed by atoms with van der Waals surface area (Å²) < 4.78 is 11.5. The van der Waals surface area contributed by atoms with Crippen molar-refractivity contribution in [3.05, 3.63) is 40.3 Å². The Morgan fingerprint density at radius 1 is 1.33 bits per heavy atom. The lowest BCUT2D eigenvalue weighted by atomic mass is 10.1. The summed E-state index contributed by atoms with van der Waals surface area (Å²) in [5.74, 6) is 1.08. The average molecular weight is 304 g/mol. The first-order valence-electron chi connectivity index (χ1n) is 6.74. The number of aromatic nitrogens is 1. The van der Waals surface area contributed by atoms with Gasteiger partial charge in [-0.1, -0.05) is 12.1 Å². The van der Waals surface area contributed by atoms with Gasteiger partial charge in [0.15, 0.2) is 11.5 Å². The number of carbonyl (C=O) groups is 1. The minimum absolute atomic E-state index is 0.190. The number of hydrogen-bond donors (Lipinski definition) is 1. The Labute approximate surface area is 126 Å². The van der Waals surface area contributed by atoms with Crippen LogP contribution >= 0.6 is 11.3 Å². The van der Waals surface area contributed by atoms with Crippen LogP contribution in [-0.2, 0) is 11.3 Å². The predicted octanol–water partition coefficient (Wildman–Crippen LogP) is 2.30. The summed E-state index contributed by atoms with van der Waals surface area (Å²) in [4.78, 5) is 16.6. The third-order valence-electron chi connectivity index (χ3n) is 3.18. The van der Waals surface area contributed by atoms with Crippen molar-refractivity contribution in [2.24, 2.45) is 0 Å².